The fraction of sp³-hybridized carbons (Fsp3) is 0.167. The second-order valence-corrected chi connectivity index (χ2v) is 3.78. The highest BCUT2D eigenvalue weighted by atomic mass is 16.1. The molecule has 0 saturated carbocycles. The molecule has 4 nitrogen and oxygen atoms in total. The van der Waals surface area contributed by atoms with E-state index in [4.69, 9.17) is 0 Å². The van der Waals surface area contributed by atoms with Crippen molar-refractivity contribution in [3.63, 3.8) is 0 Å². The first-order valence-corrected chi connectivity index (χ1v) is 4.99. The zero-order chi connectivity index (χ0) is 11.5. The van der Waals surface area contributed by atoms with E-state index in [2.05, 4.69) is 9.97 Å². The lowest BCUT2D eigenvalue weighted by Crippen LogP contribution is -2.03. The van der Waals surface area contributed by atoms with Crippen molar-refractivity contribution < 1.29 is 4.79 Å². The van der Waals surface area contributed by atoms with Gasteiger partial charge in [-0.3, -0.25) is 4.79 Å². The summed E-state index contributed by atoms with van der Waals surface area (Å²) in [7, 11) is 3.74. The second kappa shape index (κ2) is 4.18. The van der Waals surface area contributed by atoms with Crippen LogP contribution in [0, 0.1) is 0 Å². The molecule has 0 fully saturated rings. The van der Waals surface area contributed by atoms with Crippen molar-refractivity contribution in [1.29, 1.82) is 0 Å². The van der Waals surface area contributed by atoms with Crippen molar-refractivity contribution in [1.82, 2.24) is 14.9 Å². The highest BCUT2D eigenvalue weighted by Gasteiger charge is 2.04. The predicted molar refractivity (Wildman–Crippen MR) is 63.3 cm³/mol. The average molecular weight is 215 g/mol. The summed E-state index contributed by atoms with van der Waals surface area (Å²) in [5.41, 5.74) is 1.40. The average Bonchev–Trinajstić information content (AvgIpc) is 2.72. The molecule has 0 atom stereocenters. The number of nitrogens with one attached hydrogen (secondary N) is 1. The number of carbonyl (C=O) groups is 1. The number of nitrogens with zero attached hydrogens (tertiary/aromatic N) is 2. The fourth-order valence-corrected chi connectivity index (χ4v) is 1.39. The smallest absolute Gasteiger partial charge is 0.188 e. The summed E-state index contributed by atoms with van der Waals surface area (Å²) in [5.74, 6) is -0.0377. The van der Waals surface area contributed by atoms with Crippen LogP contribution in [0.1, 0.15) is 10.4 Å². The lowest BCUT2D eigenvalue weighted by Gasteiger charge is -2.02. The minimum absolute atomic E-state index is 0.0377. The number of aromatic nitrogens is 2. The summed E-state index contributed by atoms with van der Waals surface area (Å²) in [6.07, 6.45) is 6.65. The molecule has 0 amide bonds. The van der Waals surface area contributed by atoms with Crippen molar-refractivity contribution in [2.75, 3.05) is 14.1 Å². The molecule has 0 aliphatic heterocycles. The standard InChI is InChI=1S/C12H13N3O/c1-15(2)6-4-11(16)10-7-9-3-5-13-12(9)14-8-10/h3-8H,1-2H3,(H,13,14)/b6-4+. The van der Waals surface area contributed by atoms with Crippen LogP contribution in [0.4, 0.5) is 0 Å². The molecule has 2 aromatic rings. The van der Waals surface area contributed by atoms with Gasteiger partial charge in [-0.15, -0.1) is 0 Å². The van der Waals surface area contributed by atoms with Crippen LogP contribution in [0.3, 0.4) is 0 Å². The molecule has 1 N–H and O–H groups in total. The molecule has 0 bridgehead atoms. The third-order valence-corrected chi connectivity index (χ3v) is 2.21. The molecule has 0 saturated heterocycles. The normalized spacial score (nSPS) is 11.1. The molecular weight excluding hydrogens is 202 g/mol. The van der Waals surface area contributed by atoms with E-state index in [0.29, 0.717) is 5.56 Å². The van der Waals surface area contributed by atoms with E-state index >= 15 is 0 Å². The number of ketones is 1. The van der Waals surface area contributed by atoms with Gasteiger partial charge >= 0.3 is 0 Å². The van der Waals surface area contributed by atoms with E-state index in [-0.39, 0.29) is 5.78 Å². The number of H-pyrrole nitrogens is 1. The Hall–Kier alpha value is -2.10. The van der Waals surface area contributed by atoms with Gasteiger partial charge in [0, 0.05) is 49.7 Å². The molecule has 2 aromatic heterocycles. The Bertz CT molecular complexity index is 540. The molecule has 0 aliphatic carbocycles. The predicted octanol–water partition coefficient (Wildman–Crippen LogP) is 1.82. The summed E-state index contributed by atoms with van der Waals surface area (Å²) in [6.45, 7) is 0. The van der Waals surface area contributed by atoms with Gasteiger partial charge in [0.15, 0.2) is 5.78 Å². The summed E-state index contributed by atoms with van der Waals surface area (Å²) < 4.78 is 0. The van der Waals surface area contributed by atoms with Crippen LogP contribution >= 0.6 is 0 Å². The molecule has 16 heavy (non-hydrogen) atoms. The summed E-state index contributed by atoms with van der Waals surface area (Å²) in [4.78, 5) is 20.7. The second-order valence-electron chi connectivity index (χ2n) is 3.78. The summed E-state index contributed by atoms with van der Waals surface area (Å²) >= 11 is 0. The number of hydrogen-bond acceptors (Lipinski definition) is 3. The Morgan fingerprint density at radius 3 is 3.06 bits per heavy atom. The van der Waals surface area contributed by atoms with Crippen LogP contribution in [0.15, 0.2) is 36.8 Å². The molecule has 2 heterocycles. The largest absolute Gasteiger partial charge is 0.383 e. The topological polar surface area (TPSA) is 49.0 Å². The monoisotopic (exact) mass is 215 g/mol. The molecule has 82 valence electrons. The van der Waals surface area contributed by atoms with E-state index in [1.165, 1.54) is 6.08 Å². The molecule has 0 radical (unpaired) electrons. The first kappa shape index (κ1) is 10.4. The van der Waals surface area contributed by atoms with Crippen LogP contribution in [0.5, 0.6) is 0 Å². The highest BCUT2D eigenvalue weighted by Crippen LogP contribution is 2.11. The van der Waals surface area contributed by atoms with Gasteiger partial charge in [0.2, 0.25) is 0 Å². The number of allylic oxidation sites excluding steroid dienone is 1. The molecule has 0 aliphatic rings. The van der Waals surface area contributed by atoms with Crippen molar-refractivity contribution in [2.24, 2.45) is 0 Å². The van der Waals surface area contributed by atoms with E-state index in [1.54, 1.807) is 12.4 Å². The van der Waals surface area contributed by atoms with Crippen molar-refractivity contribution in [2.45, 2.75) is 0 Å². The van der Waals surface area contributed by atoms with Crippen LogP contribution in [-0.4, -0.2) is 34.7 Å². The number of hydrogen-bond donors (Lipinski definition) is 1. The number of pyridine rings is 1. The Balaban J connectivity index is 2.29. The maximum atomic E-state index is 11.8. The zero-order valence-corrected chi connectivity index (χ0v) is 9.27. The van der Waals surface area contributed by atoms with Crippen LogP contribution in [0.25, 0.3) is 11.0 Å². The summed E-state index contributed by atoms with van der Waals surface area (Å²) in [6, 6.07) is 3.73. The molecule has 0 aromatic carbocycles. The maximum Gasteiger partial charge on any atom is 0.188 e. The van der Waals surface area contributed by atoms with Gasteiger partial charge in [-0.2, -0.15) is 0 Å². The van der Waals surface area contributed by atoms with E-state index < -0.39 is 0 Å². The SMILES string of the molecule is CN(C)/C=C/C(=O)c1cnc2[nH]ccc2c1. The number of carbonyl (C=O) groups excluding carboxylic acids is 1. The van der Waals surface area contributed by atoms with Crippen LogP contribution in [-0.2, 0) is 0 Å². The third kappa shape index (κ3) is 2.11. The Labute approximate surface area is 93.6 Å². The first-order valence-electron chi connectivity index (χ1n) is 4.99. The Morgan fingerprint density at radius 1 is 1.50 bits per heavy atom. The molecule has 4 heteroatoms. The van der Waals surface area contributed by atoms with Gasteiger partial charge < -0.3 is 9.88 Å². The van der Waals surface area contributed by atoms with Gasteiger partial charge in [-0.25, -0.2) is 4.98 Å². The van der Waals surface area contributed by atoms with Crippen LogP contribution in [0.2, 0.25) is 0 Å². The highest BCUT2D eigenvalue weighted by molar-refractivity contribution is 6.05. The quantitative estimate of drug-likeness (QED) is 0.627. The minimum atomic E-state index is -0.0377. The minimum Gasteiger partial charge on any atom is -0.383 e. The zero-order valence-electron chi connectivity index (χ0n) is 9.27. The lowest BCUT2D eigenvalue weighted by atomic mass is 10.1. The van der Waals surface area contributed by atoms with Gasteiger partial charge in [-0.1, -0.05) is 0 Å². The summed E-state index contributed by atoms with van der Waals surface area (Å²) in [5, 5.41) is 0.948. The van der Waals surface area contributed by atoms with E-state index in [0.717, 1.165) is 11.0 Å². The van der Waals surface area contributed by atoms with Crippen LogP contribution < -0.4 is 0 Å². The third-order valence-electron chi connectivity index (χ3n) is 2.21. The van der Waals surface area contributed by atoms with Gasteiger partial charge in [0.25, 0.3) is 0 Å². The van der Waals surface area contributed by atoms with Gasteiger partial charge in [0.05, 0.1) is 0 Å². The number of rotatable bonds is 3. The Morgan fingerprint density at radius 2 is 2.31 bits per heavy atom. The van der Waals surface area contributed by atoms with Crippen molar-refractivity contribution in [3.05, 3.63) is 42.4 Å². The molecular formula is C12H13N3O. The lowest BCUT2D eigenvalue weighted by molar-refractivity contribution is 0.104. The number of fused-ring (bicyclic) bond motifs is 1. The number of aromatic amines is 1. The molecule has 2 rings (SSSR count). The molecule has 0 unspecified atom stereocenters. The van der Waals surface area contributed by atoms with Crippen molar-refractivity contribution in [3.8, 4) is 0 Å². The first-order chi connectivity index (χ1) is 7.66. The van der Waals surface area contributed by atoms with Gasteiger partial charge in [-0.05, 0) is 12.1 Å². The van der Waals surface area contributed by atoms with E-state index in [9.17, 15) is 4.79 Å². The maximum absolute atomic E-state index is 11.8. The Kier molecular flexibility index (Phi) is 2.72. The fourth-order valence-electron chi connectivity index (χ4n) is 1.39. The van der Waals surface area contributed by atoms with Gasteiger partial charge in [0.1, 0.15) is 5.65 Å². The van der Waals surface area contributed by atoms with E-state index in [1.807, 2.05) is 37.3 Å². The van der Waals surface area contributed by atoms with Crippen molar-refractivity contribution >= 4 is 16.8 Å². The molecule has 0 spiro atoms.